The van der Waals surface area contributed by atoms with Crippen molar-refractivity contribution in [1.29, 1.82) is 0 Å². The lowest BCUT2D eigenvalue weighted by atomic mass is 9.99. The second kappa shape index (κ2) is 68.2. The molecule has 0 fully saturated rings. The van der Waals surface area contributed by atoms with Gasteiger partial charge in [-0.25, -0.2) is 9.13 Å². The molecule has 3 unspecified atom stereocenters. The summed E-state index contributed by atoms with van der Waals surface area (Å²) in [5.41, 5.74) is 0. The fourth-order valence-electron chi connectivity index (χ4n) is 11.5. The number of hydrogen-bond donors (Lipinski definition) is 3. The summed E-state index contributed by atoms with van der Waals surface area (Å²) in [6, 6.07) is 0. The second-order valence-corrected chi connectivity index (χ2v) is 30.2. The quantitative estimate of drug-likeness (QED) is 0.0222. The van der Waals surface area contributed by atoms with Gasteiger partial charge in [0.05, 0.1) is 26.4 Å². The van der Waals surface area contributed by atoms with Crippen LogP contribution in [0, 0.1) is 5.92 Å². The van der Waals surface area contributed by atoms with Crippen molar-refractivity contribution in [2.75, 3.05) is 39.6 Å². The van der Waals surface area contributed by atoms with Crippen LogP contribution < -0.4 is 0 Å². The molecule has 0 rings (SSSR count). The van der Waals surface area contributed by atoms with Crippen LogP contribution in [0.25, 0.3) is 0 Å². The molecule has 0 aliphatic rings. The summed E-state index contributed by atoms with van der Waals surface area (Å²) < 4.78 is 68.4. The minimum Gasteiger partial charge on any atom is -0.462 e. The highest BCUT2D eigenvalue weighted by molar-refractivity contribution is 7.47. The number of ether oxygens (including phenoxy) is 4. The monoisotopic (exact) mass is 1380 g/mol. The number of phosphoric acid groups is 2. The van der Waals surface area contributed by atoms with Gasteiger partial charge >= 0.3 is 39.5 Å². The Kier molecular flexibility index (Phi) is 66.8. The van der Waals surface area contributed by atoms with Gasteiger partial charge in [0.25, 0.3) is 0 Å². The van der Waals surface area contributed by atoms with Crippen molar-refractivity contribution in [3.05, 3.63) is 0 Å². The molecule has 558 valence electrons. The maximum absolute atomic E-state index is 13.1. The first kappa shape index (κ1) is 92.1. The van der Waals surface area contributed by atoms with E-state index in [1.807, 2.05) is 0 Å². The molecule has 0 amide bonds. The van der Waals surface area contributed by atoms with E-state index in [2.05, 4.69) is 34.6 Å². The van der Waals surface area contributed by atoms with E-state index in [4.69, 9.17) is 37.0 Å². The van der Waals surface area contributed by atoms with E-state index in [1.165, 1.54) is 205 Å². The van der Waals surface area contributed by atoms with Crippen molar-refractivity contribution in [3.8, 4) is 0 Å². The van der Waals surface area contributed by atoms with Gasteiger partial charge in [0.1, 0.15) is 19.3 Å². The number of phosphoric ester groups is 2. The van der Waals surface area contributed by atoms with E-state index < -0.39 is 97.5 Å². The lowest BCUT2D eigenvalue weighted by Gasteiger charge is -2.21. The van der Waals surface area contributed by atoms with Crippen LogP contribution in [0.3, 0.4) is 0 Å². The topological polar surface area (TPSA) is 237 Å². The first-order valence-electron chi connectivity index (χ1n) is 39.2. The van der Waals surface area contributed by atoms with Crippen LogP contribution in [-0.4, -0.2) is 96.7 Å². The lowest BCUT2D eigenvalue weighted by molar-refractivity contribution is -0.161. The van der Waals surface area contributed by atoms with Crippen molar-refractivity contribution < 1.29 is 80.2 Å². The van der Waals surface area contributed by atoms with Gasteiger partial charge in [0.15, 0.2) is 12.2 Å². The van der Waals surface area contributed by atoms with E-state index in [9.17, 15) is 43.2 Å². The number of rotatable bonds is 75. The van der Waals surface area contributed by atoms with Crippen LogP contribution in [0.4, 0.5) is 0 Å². The van der Waals surface area contributed by atoms with Crippen molar-refractivity contribution >= 4 is 39.5 Å². The molecule has 0 aliphatic carbocycles. The average molecular weight is 1380 g/mol. The highest BCUT2D eigenvalue weighted by Gasteiger charge is 2.30. The maximum atomic E-state index is 13.1. The molecule has 3 N–H and O–H groups in total. The largest absolute Gasteiger partial charge is 0.472 e. The van der Waals surface area contributed by atoms with Gasteiger partial charge in [0.2, 0.25) is 0 Å². The number of hydrogen-bond acceptors (Lipinski definition) is 15. The molecule has 6 atom stereocenters. The molecule has 0 saturated heterocycles. The van der Waals surface area contributed by atoms with Crippen molar-refractivity contribution in [1.82, 2.24) is 0 Å². The Morgan fingerprint density at radius 1 is 0.298 bits per heavy atom. The van der Waals surface area contributed by atoms with Crippen LogP contribution >= 0.6 is 15.6 Å². The molecule has 19 heteroatoms. The summed E-state index contributed by atoms with van der Waals surface area (Å²) in [5.74, 6) is -1.31. The average Bonchev–Trinajstić information content (AvgIpc) is 1.68. The summed E-state index contributed by atoms with van der Waals surface area (Å²) in [5, 5.41) is 10.6. The molecular formula is C75H146O17P2. The van der Waals surface area contributed by atoms with Gasteiger partial charge in [-0.15, -0.1) is 0 Å². The Morgan fingerprint density at radius 2 is 0.511 bits per heavy atom. The summed E-state index contributed by atoms with van der Waals surface area (Å²) in [4.78, 5) is 72.6. The number of aliphatic hydroxyl groups excluding tert-OH is 1. The van der Waals surface area contributed by atoms with E-state index in [1.54, 1.807) is 0 Å². The SMILES string of the molecule is CCCCCCCCCCCCCCCCCCCCCCC(=O)O[C@H](COC(=O)CCCCCCCCCCCCC(C)CC)COP(=O)(O)OC[C@@H](O)COP(=O)(O)OC[C@@H](COC(=O)CCCCCCCCC)OC(=O)CCCCCCCCCCCCCCC. The van der Waals surface area contributed by atoms with Crippen LogP contribution in [0.5, 0.6) is 0 Å². The number of unbranched alkanes of at least 4 members (excludes halogenated alkanes) is 46. The van der Waals surface area contributed by atoms with E-state index >= 15 is 0 Å². The van der Waals surface area contributed by atoms with Crippen LogP contribution in [0.2, 0.25) is 0 Å². The van der Waals surface area contributed by atoms with Gasteiger partial charge in [-0.05, 0) is 31.6 Å². The van der Waals surface area contributed by atoms with E-state index in [-0.39, 0.29) is 25.7 Å². The Labute approximate surface area is 575 Å². The molecular weight excluding hydrogens is 1230 g/mol. The summed E-state index contributed by atoms with van der Waals surface area (Å²) in [6.07, 6.45) is 56.9. The normalized spacial score (nSPS) is 14.3. The molecule has 94 heavy (non-hydrogen) atoms. The van der Waals surface area contributed by atoms with Crippen LogP contribution in [0.1, 0.15) is 394 Å². The highest BCUT2D eigenvalue weighted by atomic mass is 31.2. The zero-order valence-electron chi connectivity index (χ0n) is 61.1. The summed E-state index contributed by atoms with van der Waals surface area (Å²) in [7, 11) is -9.90. The van der Waals surface area contributed by atoms with Crippen LogP contribution in [0.15, 0.2) is 0 Å². The standard InChI is InChI=1S/C75H146O17P2/c1-6-10-13-16-19-21-23-25-26-27-28-29-30-31-33-35-41-46-51-56-61-75(80)92-71(65-86-73(78)59-54-49-44-39-37-36-38-43-47-52-57-68(5)9-4)67-90-94(83,84)88-63-69(76)62-87-93(81,82)89-66-70(64-85-72(77)58-53-48-42-18-15-12-8-3)91-74(79)60-55-50-45-40-34-32-24-22-20-17-14-11-7-2/h68-71,76H,6-67H2,1-5H3,(H,81,82)(H,83,84)/t68?,69-,70+,71+/m0/s1. The number of aliphatic hydroxyl groups is 1. The Balaban J connectivity index is 5.18. The van der Waals surface area contributed by atoms with Crippen molar-refractivity contribution in [2.24, 2.45) is 5.92 Å². The van der Waals surface area contributed by atoms with Gasteiger partial charge in [-0.3, -0.25) is 37.3 Å². The predicted molar refractivity (Wildman–Crippen MR) is 382 cm³/mol. The maximum Gasteiger partial charge on any atom is 0.472 e. The zero-order chi connectivity index (χ0) is 69.1. The Morgan fingerprint density at radius 3 is 0.755 bits per heavy atom. The number of carbonyl (C=O) groups excluding carboxylic acids is 4. The molecule has 17 nitrogen and oxygen atoms in total. The predicted octanol–water partition coefficient (Wildman–Crippen LogP) is 22.1. The third-order valence-electron chi connectivity index (χ3n) is 17.9. The minimum atomic E-state index is -4.96. The molecule has 0 aromatic rings. The number of carbonyl (C=O) groups is 4. The van der Waals surface area contributed by atoms with Gasteiger partial charge in [-0.1, -0.05) is 343 Å². The van der Waals surface area contributed by atoms with Gasteiger partial charge in [-0.2, -0.15) is 0 Å². The van der Waals surface area contributed by atoms with E-state index in [0.717, 1.165) is 109 Å². The molecule has 0 aromatic carbocycles. The molecule has 0 spiro atoms. The van der Waals surface area contributed by atoms with E-state index in [0.29, 0.717) is 25.7 Å². The second-order valence-electron chi connectivity index (χ2n) is 27.3. The summed E-state index contributed by atoms with van der Waals surface area (Å²) in [6.45, 7) is 7.27. The third-order valence-corrected chi connectivity index (χ3v) is 19.8. The third kappa shape index (κ3) is 67.3. The molecule has 0 saturated carbocycles. The van der Waals surface area contributed by atoms with Crippen LogP contribution in [-0.2, 0) is 65.4 Å². The molecule has 0 aliphatic heterocycles. The fraction of sp³-hybridized carbons (Fsp3) is 0.947. The Hall–Kier alpha value is -1.94. The fourth-order valence-corrected chi connectivity index (χ4v) is 13.1. The molecule has 0 heterocycles. The zero-order valence-corrected chi connectivity index (χ0v) is 62.9. The Bertz CT molecular complexity index is 1810. The molecule has 0 radical (unpaired) electrons. The first-order chi connectivity index (χ1) is 45.6. The summed E-state index contributed by atoms with van der Waals surface area (Å²) >= 11 is 0. The van der Waals surface area contributed by atoms with Crippen molar-refractivity contribution in [2.45, 2.75) is 412 Å². The molecule has 0 bridgehead atoms. The van der Waals surface area contributed by atoms with Gasteiger partial charge < -0.3 is 33.8 Å². The molecule has 0 aromatic heterocycles. The number of esters is 4. The highest BCUT2D eigenvalue weighted by Crippen LogP contribution is 2.45. The minimum absolute atomic E-state index is 0.107. The first-order valence-corrected chi connectivity index (χ1v) is 42.2. The lowest BCUT2D eigenvalue weighted by Crippen LogP contribution is -2.30. The smallest absolute Gasteiger partial charge is 0.462 e. The van der Waals surface area contributed by atoms with Crippen molar-refractivity contribution in [3.63, 3.8) is 0 Å². The van der Waals surface area contributed by atoms with Gasteiger partial charge in [0, 0.05) is 25.7 Å².